The maximum Gasteiger partial charge on any atom is 0.258 e. The third kappa shape index (κ3) is 4.94. The quantitative estimate of drug-likeness (QED) is 0.654. The zero-order chi connectivity index (χ0) is 17.5. The van der Waals surface area contributed by atoms with Crippen LogP contribution in [-0.4, -0.2) is 12.5 Å². The van der Waals surface area contributed by atoms with Crippen molar-refractivity contribution in [3.63, 3.8) is 0 Å². The summed E-state index contributed by atoms with van der Waals surface area (Å²) in [7, 11) is 0. The molecule has 0 aliphatic carbocycles. The van der Waals surface area contributed by atoms with Gasteiger partial charge in [0.15, 0.2) is 6.61 Å². The zero-order valence-corrected chi connectivity index (χ0v) is 15.1. The Bertz CT molecular complexity index is 765. The molecule has 0 bridgehead atoms. The molecule has 0 heterocycles. The molecule has 0 spiro atoms. The van der Waals surface area contributed by atoms with Crippen molar-refractivity contribution >= 4 is 21.8 Å². The minimum absolute atomic E-state index is 0.0300. The summed E-state index contributed by atoms with van der Waals surface area (Å²) in [6.45, 7) is -0.0300. The van der Waals surface area contributed by atoms with E-state index in [0.717, 1.165) is 15.6 Å². The minimum atomic E-state index is -0.205. The monoisotopic (exact) mass is 395 g/mol. The topological polar surface area (TPSA) is 38.3 Å². The maximum absolute atomic E-state index is 12.4. The Kier molecular flexibility index (Phi) is 5.86. The second-order valence-corrected chi connectivity index (χ2v) is 6.48. The molecule has 0 atom stereocenters. The fourth-order valence-electron chi connectivity index (χ4n) is 2.53. The molecule has 0 radical (unpaired) electrons. The van der Waals surface area contributed by atoms with Gasteiger partial charge in [0.25, 0.3) is 5.91 Å². The van der Waals surface area contributed by atoms with Crippen LogP contribution in [0, 0.1) is 0 Å². The van der Waals surface area contributed by atoms with Gasteiger partial charge in [-0.3, -0.25) is 4.79 Å². The number of hydrogen-bond acceptors (Lipinski definition) is 2. The Balaban J connectivity index is 1.69. The predicted octanol–water partition coefficient (Wildman–Crippen LogP) is 4.73. The third-order valence-corrected chi connectivity index (χ3v) is 4.28. The van der Waals surface area contributed by atoms with Crippen LogP contribution in [0.25, 0.3) is 0 Å². The molecular formula is C21H18BrNO2. The summed E-state index contributed by atoms with van der Waals surface area (Å²) in [5.74, 6) is 0.495. The highest BCUT2D eigenvalue weighted by molar-refractivity contribution is 9.10. The average molecular weight is 396 g/mol. The predicted molar refractivity (Wildman–Crippen MR) is 103 cm³/mol. The lowest BCUT2D eigenvalue weighted by Crippen LogP contribution is -2.33. The molecule has 4 heteroatoms. The van der Waals surface area contributed by atoms with Gasteiger partial charge in [-0.15, -0.1) is 0 Å². The molecule has 0 saturated heterocycles. The number of nitrogens with one attached hydrogen (secondary N) is 1. The first-order chi connectivity index (χ1) is 12.2. The highest BCUT2D eigenvalue weighted by atomic mass is 79.9. The number of hydrogen-bond donors (Lipinski definition) is 1. The zero-order valence-electron chi connectivity index (χ0n) is 13.6. The van der Waals surface area contributed by atoms with Gasteiger partial charge in [-0.05, 0) is 35.4 Å². The Morgan fingerprint density at radius 1 is 0.840 bits per heavy atom. The lowest BCUT2D eigenvalue weighted by atomic mass is 9.99. The second kappa shape index (κ2) is 8.49. The van der Waals surface area contributed by atoms with E-state index in [-0.39, 0.29) is 18.6 Å². The molecule has 1 N–H and O–H groups in total. The smallest absolute Gasteiger partial charge is 0.258 e. The van der Waals surface area contributed by atoms with E-state index in [9.17, 15) is 4.79 Å². The number of ether oxygens (including phenoxy) is 1. The van der Waals surface area contributed by atoms with Crippen LogP contribution in [0.4, 0.5) is 0 Å². The number of carbonyl (C=O) groups excluding carboxylic acids is 1. The Morgan fingerprint density at radius 2 is 1.36 bits per heavy atom. The summed E-state index contributed by atoms with van der Waals surface area (Å²) in [5.41, 5.74) is 2.07. The Labute approximate surface area is 155 Å². The highest BCUT2D eigenvalue weighted by Crippen LogP contribution is 2.22. The first-order valence-corrected chi connectivity index (χ1v) is 8.79. The number of carbonyl (C=O) groups is 1. The van der Waals surface area contributed by atoms with Gasteiger partial charge in [0.2, 0.25) is 0 Å². The van der Waals surface area contributed by atoms with E-state index in [0.29, 0.717) is 5.75 Å². The van der Waals surface area contributed by atoms with E-state index < -0.39 is 0 Å². The van der Waals surface area contributed by atoms with Gasteiger partial charge < -0.3 is 10.1 Å². The van der Waals surface area contributed by atoms with Crippen LogP contribution in [0.5, 0.6) is 5.75 Å². The van der Waals surface area contributed by atoms with E-state index in [1.165, 1.54) is 0 Å². The van der Waals surface area contributed by atoms with Crippen LogP contribution in [0.2, 0.25) is 0 Å². The van der Waals surface area contributed by atoms with E-state index in [4.69, 9.17) is 4.74 Å². The van der Waals surface area contributed by atoms with Crippen molar-refractivity contribution in [3.05, 3.63) is 101 Å². The molecule has 3 nitrogen and oxygen atoms in total. The first kappa shape index (κ1) is 17.2. The van der Waals surface area contributed by atoms with Gasteiger partial charge in [0, 0.05) is 4.47 Å². The van der Waals surface area contributed by atoms with Crippen LogP contribution < -0.4 is 10.1 Å². The molecule has 25 heavy (non-hydrogen) atoms. The molecule has 0 aliphatic heterocycles. The highest BCUT2D eigenvalue weighted by Gasteiger charge is 2.16. The van der Waals surface area contributed by atoms with Gasteiger partial charge in [0.1, 0.15) is 5.75 Å². The molecule has 3 aromatic carbocycles. The fraction of sp³-hybridized carbons (Fsp3) is 0.0952. The Morgan fingerprint density at radius 3 is 1.88 bits per heavy atom. The van der Waals surface area contributed by atoms with Crippen molar-refractivity contribution in [2.45, 2.75) is 6.04 Å². The van der Waals surface area contributed by atoms with Gasteiger partial charge in [-0.1, -0.05) is 76.6 Å². The van der Waals surface area contributed by atoms with Crippen LogP contribution in [0.3, 0.4) is 0 Å². The molecule has 0 unspecified atom stereocenters. The average Bonchev–Trinajstić information content (AvgIpc) is 2.67. The summed E-state index contributed by atoms with van der Waals surface area (Å²) in [5, 5.41) is 3.06. The SMILES string of the molecule is O=C(COc1ccc(Br)cc1)NC(c1ccccc1)c1ccccc1. The lowest BCUT2D eigenvalue weighted by Gasteiger charge is -2.20. The van der Waals surface area contributed by atoms with E-state index in [2.05, 4.69) is 21.2 Å². The van der Waals surface area contributed by atoms with Crippen LogP contribution in [0.1, 0.15) is 17.2 Å². The van der Waals surface area contributed by atoms with Gasteiger partial charge >= 0.3 is 0 Å². The first-order valence-electron chi connectivity index (χ1n) is 8.00. The normalized spacial score (nSPS) is 10.5. The van der Waals surface area contributed by atoms with Gasteiger partial charge in [-0.25, -0.2) is 0 Å². The van der Waals surface area contributed by atoms with Crippen LogP contribution in [-0.2, 0) is 4.79 Å². The van der Waals surface area contributed by atoms with Crippen LogP contribution in [0.15, 0.2) is 89.4 Å². The summed E-state index contributed by atoms with van der Waals surface area (Å²) in [6, 6.07) is 27.0. The molecule has 126 valence electrons. The molecular weight excluding hydrogens is 378 g/mol. The van der Waals surface area contributed by atoms with E-state index in [1.807, 2.05) is 84.9 Å². The second-order valence-electron chi connectivity index (χ2n) is 5.56. The van der Waals surface area contributed by atoms with Crippen molar-refractivity contribution in [1.29, 1.82) is 0 Å². The van der Waals surface area contributed by atoms with Crippen LogP contribution >= 0.6 is 15.9 Å². The van der Waals surface area contributed by atoms with Crippen molar-refractivity contribution in [3.8, 4) is 5.75 Å². The summed E-state index contributed by atoms with van der Waals surface area (Å²) >= 11 is 3.38. The van der Waals surface area contributed by atoms with Gasteiger partial charge in [-0.2, -0.15) is 0 Å². The van der Waals surface area contributed by atoms with Gasteiger partial charge in [0.05, 0.1) is 6.04 Å². The molecule has 0 aliphatic rings. The molecule has 3 rings (SSSR count). The standard InChI is InChI=1S/C21H18BrNO2/c22-18-11-13-19(14-12-18)25-15-20(24)23-21(16-7-3-1-4-8-16)17-9-5-2-6-10-17/h1-14,21H,15H2,(H,23,24). The van der Waals surface area contributed by atoms with E-state index >= 15 is 0 Å². The summed E-state index contributed by atoms with van der Waals surface area (Å²) in [6.07, 6.45) is 0. The molecule has 1 amide bonds. The lowest BCUT2D eigenvalue weighted by molar-refractivity contribution is -0.123. The number of rotatable bonds is 6. The summed E-state index contributed by atoms with van der Waals surface area (Å²) < 4.78 is 6.53. The van der Waals surface area contributed by atoms with Crippen molar-refractivity contribution in [2.75, 3.05) is 6.61 Å². The molecule has 3 aromatic rings. The number of amides is 1. The number of benzene rings is 3. The largest absolute Gasteiger partial charge is 0.484 e. The molecule has 0 aromatic heterocycles. The van der Waals surface area contributed by atoms with Crippen molar-refractivity contribution in [2.24, 2.45) is 0 Å². The van der Waals surface area contributed by atoms with Crippen molar-refractivity contribution in [1.82, 2.24) is 5.32 Å². The fourth-order valence-corrected chi connectivity index (χ4v) is 2.80. The summed E-state index contributed by atoms with van der Waals surface area (Å²) in [4.78, 5) is 12.4. The van der Waals surface area contributed by atoms with Crippen molar-refractivity contribution < 1.29 is 9.53 Å². The molecule has 0 fully saturated rings. The van der Waals surface area contributed by atoms with E-state index in [1.54, 1.807) is 0 Å². The Hall–Kier alpha value is -2.59. The minimum Gasteiger partial charge on any atom is -0.484 e. The third-order valence-electron chi connectivity index (χ3n) is 3.75. The maximum atomic E-state index is 12.4. The number of halogens is 1. The molecule has 0 saturated carbocycles.